The lowest BCUT2D eigenvalue weighted by molar-refractivity contribution is 0.0316. The zero-order valence-electron chi connectivity index (χ0n) is 16.5. The van der Waals surface area contributed by atoms with Gasteiger partial charge in [0.2, 0.25) is 5.78 Å². The predicted octanol–water partition coefficient (Wildman–Crippen LogP) is 5.18. The summed E-state index contributed by atoms with van der Waals surface area (Å²) in [4.78, 5) is 29.5. The zero-order chi connectivity index (χ0) is 21.1. The van der Waals surface area contributed by atoms with E-state index in [9.17, 15) is 9.59 Å². The molecule has 0 saturated carbocycles. The van der Waals surface area contributed by atoms with Crippen LogP contribution in [0.4, 0.5) is 0 Å². The summed E-state index contributed by atoms with van der Waals surface area (Å²) in [5.74, 6) is 0.480. The molecular formula is C23H20N2O4S. The van der Waals surface area contributed by atoms with E-state index in [2.05, 4.69) is 10.1 Å². The predicted molar refractivity (Wildman–Crippen MR) is 115 cm³/mol. The third kappa shape index (κ3) is 4.16. The van der Waals surface area contributed by atoms with Crippen molar-refractivity contribution in [2.75, 3.05) is 0 Å². The van der Waals surface area contributed by atoms with E-state index < -0.39 is 12.1 Å². The molecule has 1 unspecified atom stereocenters. The zero-order valence-corrected chi connectivity index (χ0v) is 17.4. The van der Waals surface area contributed by atoms with Gasteiger partial charge in [0.05, 0.1) is 17.0 Å². The average molecular weight is 420 g/mol. The molecule has 0 saturated heterocycles. The van der Waals surface area contributed by atoms with Crippen LogP contribution >= 0.6 is 11.8 Å². The summed E-state index contributed by atoms with van der Waals surface area (Å²) in [5.41, 5.74) is 2.60. The number of H-pyrrole nitrogens is 1. The normalized spacial score (nSPS) is 12.1. The lowest BCUT2D eigenvalue weighted by Gasteiger charge is -2.14. The van der Waals surface area contributed by atoms with E-state index >= 15 is 0 Å². The van der Waals surface area contributed by atoms with Crippen LogP contribution < -0.4 is 0 Å². The van der Waals surface area contributed by atoms with Gasteiger partial charge in [-0.25, -0.2) is 4.79 Å². The molecule has 0 radical (unpaired) electrons. The third-order valence-electron chi connectivity index (χ3n) is 4.66. The van der Waals surface area contributed by atoms with Gasteiger partial charge >= 0.3 is 5.97 Å². The molecular weight excluding hydrogens is 400 g/mol. The number of thioether (sulfide) groups is 1. The molecule has 0 bridgehead atoms. The maximum absolute atomic E-state index is 12.9. The number of aromatic amines is 1. The van der Waals surface area contributed by atoms with E-state index in [0.717, 1.165) is 27.3 Å². The highest BCUT2D eigenvalue weighted by atomic mass is 32.2. The van der Waals surface area contributed by atoms with Crippen LogP contribution in [0.15, 0.2) is 70.2 Å². The quantitative estimate of drug-likeness (QED) is 0.252. The molecule has 4 rings (SSSR count). The summed E-state index contributed by atoms with van der Waals surface area (Å²) in [5, 5.41) is 4.68. The SMILES string of the molecule is Cc1cc(CSc2ccccc2C(=O)OC(C)C(=O)c2c[nH]c3ccccc23)on1. The first-order valence-corrected chi connectivity index (χ1v) is 10.5. The van der Waals surface area contributed by atoms with Crippen LogP contribution in [0.3, 0.4) is 0 Å². The molecule has 0 aliphatic rings. The molecule has 0 spiro atoms. The fourth-order valence-corrected chi connectivity index (χ4v) is 4.08. The van der Waals surface area contributed by atoms with Crippen molar-refractivity contribution in [2.24, 2.45) is 0 Å². The van der Waals surface area contributed by atoms with E-state index in [1.165, 1.54) is 11.8 Å². The molecule has 30 heavy (non-hydrogen) atoms. The second kappa shape index (κ2) is 8.59. The highest BCUT2D eigenvalue weighted by Gasteiger charge is 2.24. The van der Waals surface area contributed by atoms with E-state index in [-0.39, 0.29) is 5.78 Å². The van der Waals surface area contributed by atoms with Crippen LogP contribution in [-0.4, -0.2) is 28.0 Å². The maximum Gasteiger partial charge on any atom is 0.339 e. The minimum absolute atomic E-state index is 0.247. The summed E-state index contributed by atoms with van der Waals surface area (Å²) in [6.45, 7) is 3.45. The van der Waals surface area contributed by atoms with Crippen molar-refractivity contribution in [3.8, 4) is 0 Å². The number of benzene rings is 2. The first kappa shape index (κ1) is 20.0. The van der Waals surface area contributed by atoms with E-state index in [0.29, 0.717) is 16.9 Å². The number of carbonyl (C=O) groups is 2. The molecule has 2 aromatic carbocycles. The van der Waals surface area contributed by atoms with Crippen molar-refractivity contribution < 1.29 is 18.8 Å². The van der Waals surface area contributed by atoms with Crippen molar-refractivity contribution in [2.45, 2.75) is 30.6 Å². The molecule has 0 aliphatic heterocycles. The summed E-state index contributed by atoms with van der Waals surface area (Å²) in [7, 11) is 0. The van der Waals surface area contributed by atoms with Gasteiger partial charge in [-0.05, 0) is 32.0 Å². The van der Waals surface area contributed by atoms with Crippen molar-refractivity contribution in [3.05, 3.63) is 83.4 Å². The van der Waals surface area contributed by atoms with Crippen LogP contribution in [0.1, 0.15) is 39.1 Å². The summed E-state index contributed by atoms with van der Waals surface area (Å²) < 4.78 is 10.7. The van der Waals surface area contributed by atoms with Gasteiger partial charge < -0.3 is 14.2 Å². The van der Waals surface area contributed by atoms with E-state index in [1.54, 1.807) is 25.3 Å². The van der Waals surface area contributed by atoms with Gasteiger partial charge in [0, 0.05) is 33.6 Å². The Labute approximate surface area is 177 Å². The monoisotopic (exact) mass is 420 g/mol. The molecule has 0 fully saturated rings. The van der Waals surface area contributed by atoms with Crippen LogP contribution in [-0.2, 0) is 10.5 Å². The Morgan fingerprint density at radius 1 is 1.13 bits per heavy atom. The van der Waals surface area contributed by atoms with Crippen molar-refractivity contribution in [1.29, 1.82) is 0 Å². The van der Waals surface area contributed by atoms with Gasteiger partial charge in [-0.15, -0.1) is 11.8 Å². The van der Waals surface area contributed by atoms with Gasteiger partial charge in [-0.2, -0.15) is 0 Å². The highest BCUT2D eigenvalue weighted by molar-refractivity contribution is 7.98. The number of aryl methyl sites for hydroxylation is 1. The second-order valence-electron chi connectivity index (χ2n) is 6.88. The third-order valence-corrected chi connectivity index (χ3v) is 5.76. The highest BCUT2D eigenvalue weighted by Crippen LogP contribution is 2.28. The summed E-state index contributed by atoms with van der Waals surface area (Å²) >= 11 is 1.45. The Hall–Kier alpha value is -3.32. The Kier molecular flexibility index (Phi) is 5.72. The van der Waals surface area contributed by atoms with E-state index in [4.69, 9.17) is 9.26 Å². The minimum atomic E-state index is -0.910. The number of rotatable bonds is 7. The second-order valence-corrected chi connectivity index (χ2v) is 7.90. The van der Waals surface area contributed by atoms with Gasteiger partial charge in [-0.3, -0.25) is 4.79 Å². The number of para-hydroxylation sites is 1. The molecule has 2 aromatic heterocycles. The Balaban J connectivity index is 1.47. The number of hydrogen-bond donors (Lipinski definition) is 1. The molecule has 7 heteroatoms. The molecule has 2 heterocycles. The van der Waals surface area contributed by atoms with E-state index in [1.807, 2.05) is 49.4 Å². The number of Topliss-reactive ketones (excluding diaryl/α,β-unsaturated/α-hetero) is 1. The number of nitrogens with zero attached hydrogens (tertiary/aromatic N) is 1. The van der Waals surface area contributed by atoms with Gasteiger partial charge in [0.1, 0.15) is 5.76 Å². The number of aromatic nitrogens is 2. The topological polar surface area (TPSA) is 85.2 Å². The summed E-state index contributed by atoms with van der Waals surface area (Å²) in [6, 6.07) is 16.5. The number of fused-ring (bicyclic) bond motifs is 1. The largest absolute Gasteiger partial charge is 0.451 e. The lowest BCUT2D eigenvalue weighted by atomic mass is 10.1. The number of ketones is 1. The first-order valence-electron chi connectivity index (χ1n) is 9.48. The van der Waals surface area contributed by atoms with Crippen LogP contribution in [0.2, 0.25) is 0 Å². The first-order chi connectivity index (χ1) is 14.5. The number of esters is 1. The summed E-state index contributed by atoms with van der Waals surface area (Å²) in [6.07, 6.45) is 0.743. The van der Waals surface area contributed by atoms with Gasteiger partial charge in [-0.1, -0.05) is 35.5 Å². The fraction of sp³-hybridized carbons (Fsp3) is 0.174. The van der Waals surface area contributed by atoms with Crippen molar-refractivity contribution in [3.63, 3.8) is 0 Å². The van der Waals surface area contributed by atoms with Crippen LogP contribution in [0.25, 0.3) is 10.9 Å². The average Bonchev–Trinajstić information content (AvgIpc) is 3.37. The standard InChI is InChI=1S/C23H20N2O4S/c1-14-11-16(29-25-14)13-30-21-10-6-4-8-18(21)23(27)28-15(2)22(26)19-12-24-20-9-5-3-7-17(19)20/h3-12,15,24H,13H2,1-2H3. The lowest BCUT2D eigenvalue weighted by Crippen LogP contribution is -2.24. The maximum atomic E-state index is 12.9. The Bertz CT molecular complexity index is 1210. The van der Waals surface area contributed by atoms with Crippen LogP contribution in [0, 0.1) is 6.92 Å². The fourth-order valence-electron chi connectivity index (χ4n) is 3.17. The minimum Gasteiger partial charge on any atom is -0.451 e. The molecule has 1 atom stereocenters. The molecule has 0 amide bonds. The smallest absolute Gasteiger partial charge is 0.339 e. The molecule has 4 aromatic rings. The Morgan fingerprint density at radius 2 is 1.90 bits per heavy atom. The van der Waals surface area contributed by atoms with Crippen molar-refractivity contribution in [1.82, 2.24) is 10.1 Å². The number of hydrogen-bond acceptors (Lipinski definition) is 6. The Morgan fingerprint density at radius 3 is 2.70 bits per heavy atom. The molecule has 6 nitrogen and oxygen atoms in total. The molecule has 1 N–H and O–H groups in total. The number of nitrogens with one attached hydrogen (secondary N) is 1. The van der Waals surface area contributed by atoms with Crippen LogP contribution in [0.5, 0.6) is 0 Å². The van der Waals surface area contributed by atoms with Gasteiger partial charge in [0.25, 0.3) is 0 Å². The van der Waals surface area contributed by atoms with Crippen molar-refractivity contribution >= 4 is 34.4 Å². The molecule has 0 aliphatic carbocycles. The number of ether oxygens (including phenoxy) is 1. The molecule has 152 valence electrons. The van der Waals surface area contributed by atoms with Gasteiger partial charge in [0.15, 0.2) is 6.10 Å². The number of carbonyl (C=O) groups excluding carboxylic acids is 2.